The second kappa shape index (κ2) is 5.09. The second-order valence-corrected chi connectivity index (χ2v) is 6.30. The summed E-state index contributed by atoms with van der Waals surface area (Å²) in [7, 11) is -3.19. The van der Waals surface area contributed by atoms with Crippen LogP contribution in [0.5, 0.6) is 0 Å². The van der Waals surface area contributed by atoms with Gasteiger partial charge in [0, 0.05) is 0 Å². The molecule has 96 valence electrons. The SMILES string of the molecule is CCS(=O)(=O)NCc1nnnn1C1CCCC1. The zero-order valence-electron chi connectivity index (χ0n) is 9.83. The van der Waals surface area contributed by atoms with Gasteiger partial charge in [0.2, 0.25) is 10.0 Å². The summed E-state index contributed by atoms with van der Waals surface area (Å²) >= 11 is 0. The normalized spacial score (nSPS) is 17.7. The third kappa shape index (κ3) is 3.01. The third-order valence-electron chi connectivity index (χ3n) is 3.06. The summed E-state index contributed by atoms with van der Waals surface area (Å²) in [6.07, 6.45) is 4.51. The van der Waals surface area contributed by atoms with Crippen molar-refractivity contribution in [1.29, 1.82) is 0 Å². The zero-order valence-corrected chi connectivity index (χ0v) is 10.7. The first kappa shape index (κ1) is 12.4. The predicted molar refractivity (Wildman–Crippen MR) is 61.6 cm³/mol. The van der Waals surface area contributed by atoms with Gasteiger partial charge in [-0.3, -0.25) is 0 Å². The number of hydrogen-bond donors (Lipinski definition) is 1. The minimum atomic E-state index is -3.19. The molecule has 1 aromatic heterocycles. The Morgan fingerprint density at radius 3 is 2.76 bits per heavy atom. The lowest BCUT2D eigenvalue weighted by Gasteiger charge is -2.11. The molecule has 1 fully saturated rings. The average molecular weight is 259 g/mol. The standard InChI is InChI=1S/C9H17N5O2S/c1-2-17(15,16)10-7-9-11-12-13-14(9)8-5-3-4-6-8/h8,10H,2-7H2,1H3. The molecular formula is C9H17N5O2S. The van der Waals surface area contributed by atoms with E-state index in [0.717, 1.165) is 12.8 Å². The number of sulfonamides is 1. The molecule has 2 rings (SSSR count). The molecule has 0 unspecified atom stereocenters. The molecule has 0 atom stereocenters. The van der Waals surface area contributed by atoms with E-state index in [4.69, 9.17) is 0 Å². The van der Waals surface area contributed by atoms with E-state index in [1.54, 1.807) is 11.6 Å². The second-order valence-electron chi connectivity index (χ2n) is 4.20. The van der Waals surface area contributed by atoms with Crippen molar-refractivity contribution in [2.75, 3.05) is 5.75 Å². The van der Waals surface area contributed by atoms with Crippen LogP contribution >= 0.6 is 0 Å². The maximum Gasteiger partial charge on any atom is 0.211 e. The third-order valence-corrected chi connectivity index (χ3v) is 4.41. The van der Waals surface area contributed by atoms with Gasteiger partial charge in [-0.05, 0) is 30.2 Å². The predicted octanol–water partition coefficient (Wildman–Crippen LogP) is 0.227. The van der Waals surface area contributed by atoms with E-state index in [1.807, 2.05) is 0 Å². The number of nitrogens with zero attached hydrogens (tertiary/aromatic N) is 4. The molecule has 1 aromatic rings. The Balaban J connectivity index is 2.04. The lowest BCUT2D eigenvalue weighted by molar-refractivity contribution is 0.435. The van der Waals surface area contributed by atoms with Crippen LogP contribution in [0.2, 0.25) is 0 Å². The maximum absolute atomic E-state index is 11.3. The molecule has 1 aliphatic carbocycles. The minimum absolute atomic E-state index is 0.0675. The van der Waals surface area contributed by atoms with Gasteiger partial charge in [0.25, 0.3) is 0 Å². The largest absolute Gasteiger partial charge is 0.225 e. The van der Waals surface area contributed by atoms with Crippen LogP contribution in [0.15, 0.2) is 0 Å². The Kier molecular flexibility index (Phi) is 3.72. The summed E-state index contributed by atoms with van der Waals surface area (Å²) in [5.74, 6) is 0.659. The molecule has 0 aliphatic heterocycles. The van der Waals surface area contributed by atoms with Crippen molar-refractivity contribution in [1.82, 2.24) is 24.9 Å². The smallest absolute Gasteiger partial charge is 0.211 e. The lowest BCUT2D eigenvalue weighted by atomic mass is 10.2. The van der Waals surface area contributed by atoms with Crippen molar-refractivity contribution in [3.8, 4) is 0 Å². The summed E-state index contributed by atoms with van der Waals surface area (Å²) in [5.41, 5.74) is 0. The van der Waals surface area contributed by atoms with Gasteiger partial charge in [0.15, 0.2) is 5.82 Å². The molecule has 1 aliphatic rings. The van der Waals surface area contributed by atoms with E-state index in [0.29, 0.717) is 11.9 Å². The van der Waals surface area contributed by atoms with Crippen LogP contribution in [0.3, 0.4) is 0 Å². The molecule has 7 nitrogen and oxygen atoms in total. The van der Waals surface area contributed by atoms with Crippen molar-refractivity contribution in [2.24, 2.45) is 0 Å². The average Bonchev–Trinajstić information content (AvgIpc) is 2.96. The van der Waals surface area contributed by atoms with Gasteiger partial charge in [-0.25, -0.2) is 17.8 Å². The van der Waals surface area contributed by atoms with Crippen LogP contribution in [0, 0.1) is 0 Å². The molecule has 1 heterocycles. The highest BCUT2D eigenvalue weighted by atomic mass is 32.2. The first-order valence-electron chi connectivity index (χ1n) is 5.86. The van der Waals surface area contributed by atoms with Crippen LogP contribution in [0.4, 0.5) is 0 Å². The fraction of sp³-hybridized carbons (Fsp3) is 0.889. The highest BCUT2D eigenvalue weighted by Gasteiger charge is 2.21. The number of tetrazole rings is 1. The van der Waals surface area contributed by atoms with Crippen molar-refractivity contribution in [3.05, 3.63) is 5.82 Å². The van der Waals surface area contributed by atoms with E-state index < -0.39 is 10.0 Å². The van der Waals surface area contributed by atoms with E-state index >= 15 is 0 Å². The van der Waals surface area contributed by atoms with E-state index in [2.05, 4.69) is 20.2 Å². The number of rotatable bonds is 5. The molecule has 1 N–H and O–H groups in total. The fourth-order valence-electron chi connectivity index (χ4n) is 2.04. The van der Waals surface area contributed by atoms with Gasteiger partial charge >= 0.3 is 0 Å². The van der Waals surface area contributed by atoms with Crippen molar-refractivity contribution < 1.29 is 8.42 Å². The van der Waals surface area contributed by atoms with Gasteiger partial charge < -0.3 is 0 Å². The first-order chi connectivity index (χ1) is 8.12. The summed E-state index contributed by atoms with van der Waals surface area (Å²) in [4.78, 5) is 0. The zero-order chi connectivity index (χ0) is 12.3. The monoisotopic (exact) mass is 259 g/mol. The highest BCUT2D eigenvalue weighted by molar-refractivity contribution is 7.89. The molecule has 0 spiro atoms. The molecule has 8 heteroatoms. The Bertz CT molecular complexity index is 463. The number of aromatic nitrogens is 4. The van der Waals surface area contributed by atoms with Crippen LogP contribution < -0.4 is 4.72 Å². The Morgan fingerprint density at radius 1 is 1.41 bits per heavy atom. The molecule has 17 heavy (non-hydrogen) atoms. The fourth-order valence-corrected chi connectivity index (χ4v) is 2.59. The summed E-state index contributed by atoms with van der Waals surface area (Å²) in [6.45, 7) is 1.77. The van der Waals surface area contributed by atoms with Gasteiger partial charge in [-0.1, -0.05) is 12.8 Å². The topological polar surface area (TPSA) is 89.8 Å². The van der Waals surface area contributed by atoms with Crippen LogP contribution in [-0.2, 0) is 16.6 Å². The Labute approximate surface area is 101 Å². The van der Waals surface area contributed by atoms with Gasteiger partial charge in [-0.2, -0.15) is 0 Å². The van der Waals surface area contributed by atoms with Crippen LogP contribution in [-0.4, -0.2) is 34.4 Å². The molecule has 0 bridgehead atoms. The van der Waals surface area contributed by atoms with E-state index in [1.165, 1.54) is 12.8 Å². The molecular weight excluding hydrogens is 242 g/mol. The minimum Gasteiger partial charge on any atom is -0.225 e. The van der Waals surface area contributed by atoms with Crippen LogP contribution in [0.1, 0.15) is 44.5 Å². The maximum atomic E-state index is 11.3. The Hall–Kier alpha value is -1.02. The summed E-state index contributed by atoms with van der Waals surface area (Å²) in [6, 6.07) is 0.325. The number of hydrogen-bond acceptors (Lipinski definition) is 5. The highest BCUT2D eigenvalue weighted by Crippen LogP contribution is 2.28. The Morgan fingerprint density at radius 2 is 2.12 bits per heavy atom. The first-order valence-corrected chi connectivity index (χ1v) is 7.51. The van der Waals surface area contributed by atoms with Crippen molar-refractivity contribution >= 4 is 10.0 Å². The molecule has 1 saturated carbocycles. The molecule has 0 amide bonds. The lowest BCUT2D eigenvalue weighted by Crippen LogP contribution is -2.27. The van der Waals surface area contributed by atoms with E-state index in [-0.39, 0.29) is 12.3 Å². The molecule has 0 radical (unpaired) electrons. The van der Waals surface area contributed by atoms with Crippen LogP contribution in [0.25, 0.3) is 0 Å². The van der Waals surface area contributed by atoms with E-state index in [9.17, 15) is 8.42 Å². The van der Waals surface area contributed by atoms with Gasteiger partial charge in [0.05, 0.1) is 18.3 Å². The summed E-state index contributed by atoms with van der Waals surface area (Å²) < 4.78 is 26.9. The van der Waals surface area contributed by atoms with Gasteiger partial charge in [0.1, 0.15) is 0 Å². The van der Waals surface area contributed by atoms with Crippen molar-refractivity contribution in [3.63, 3.8) is 0 Å². The molecule has 0 aromatic carbocycles. The number of nitrogens with one attached hydrogen (secondary N) is 1. The quantitative estimate of drug-likeness (QED) is 0.817. The van der Waals surface area contributed by atoms with Crippen molar-refractivity contribution in [2.45, 2.75) is 45.2 Å². The van der Waals surface area contributed by atoms with Gasteiger partial charge in [-0.15, -0.1) is 5.10 Å². The molecule has 0 saturated heterocycles. The summed E-state index contributed by atoms with van der Waals surface area (Å²) in [5, 5.41) is 11.4.